The van der Waals surface area contributed by atoms with Gasteiger partial charge >= 0.3 is 6.18 Å². The first-order chi connectivity index (χ1) is 13.4. The number of para-hydroxylation sites is 1. The van der Waals surface area contributed by atoms with E-state index >= 15 is 0 Å². The highest BCUT2D eigenvalue weighted by molar-refractivity contribution is 5.79. The fraction of sp³-hybridized carbons (Fsp3) is 0.350. The Morgan fingerprint density at radius 1 is 1.04 bits per heavy atom. The van der Waals surface area contributed by atoms with E-state index in [1.807, 2.05) is 24.3 Å². The fourth-order valence-corrected chi connectivity index (χ4v) is 2.46. The molecule has 0 saturated heterocycles. The minimum atomic E-state index is -4.33. The van der Waals surface area contributed by atoms with Gasteiger partial charge in [0.2, 0.25) is 0 Å². The first kappa shape index (κ1) is 21.6. The third kappa shape index (κ3) is 6.77. The summed E-state index contributed by atoms with van der Waals surface area (Å²) in [6, 6.07) is 12.7. The smallest absolute Gasteiger partial charge is 0.416 e. The lowest BCUT2D eigenvalue weighted by atomic mass is 10.1. The van der Waals surface area contributed by atoms with Gasteiger partial charge in [0, 0.05) is 25.7 Å². The summed E-state index contributed by atoms with van der Waals surface area (Å²) in [5.74, 6) is 1.32. The summed E-state index contributed by atoms with van der Waals surface area (Å²) < 4.78 is 48.6. The average Bonchev–Trinajstić information content (AvgIpc) is 2.70. The number of alkyl halides is 3. The largest absolute Gasteiger partial charge is 0.496 e. The maximum atomic E-state index is 12.6. The molecule has 0 aliphatic rings. The Bertz CT molecular complexity index is 762. The number of ether oxygens (including phenoxy) is 2. The van der Waals surface area contributed by atoms with E-state index < -0.39 is 11.7 Å². The van der Waals surface area contributed by atoms with Gasteiger partial charge in [-0.05, 0) is 23.8 Å². The van der Waals surface area contributed by atoms with Gasteiger partial charge in [-0.25, -0.2) is 0 Å². The molecule has 0 heterocycles. The number of hydrogen-bond donors (Lipinski definition) is 2. The minimum Gasteiger partial charge on any atom is -0.496 e. The predicted octanol–water partition coefficient (Wildman–Crippen LogP) is 3.60. The van der Waals surface area contributed by atoms with Crippen molar-refractivity contribution in [3.05, 3.63) is 65.2 Å². The van der Waals surface area contributed by atoms with E-state index in [0.717, 1.165) is 29.0 Å². The van der Waals surface area contributed by atoms with Crippen molar-refractivity contribution in [2.45, 2.75) is 19.3 Å². The van der Waals surface area contributed by atoms with Gasteiger partial charge in [-0.15, -0.1) is 0 Å². The van der Waals surface area contributed by atoms with Crippen LogP contribution in [0.1, 0.15) is 16.7 Å². The molecule has 28 heavy (non-hydrogen) atoms. The van der Waals surface area contributed by atoms with Crippen molar-refractivity contribution in [3.63, 3.8) is 0 Å². The standard InChI is InChI=1S/C20H24F3N3O2/c1-24-19(26-13-15-7-9-17(10-8-15)20(21,22)23)25-11-12-28-14-16-5-3-4-6-18(16)27-2/h3-10H,11-14H2,1-2H3,(H2,24,25,26). The van der Waals surface area contributed by atoms with Gasteiger partial charge in [-0.3, -0.25) is 4.99 Å². The molecule has 8 heteroatoms. The van der Waals surface area contributed by atoms with Gasteiger partial charge in [0.05, 0.1) is 25.9 Å². The van der Waals surface area contributed by atoms with Crippen molar-refractivity contribution in [3.8, 4) is 5.75 Å². The summed E-state index contributed by atoms with van der Waals surface area (Å²) in [5, 5.41) is 6.15. The maximum Gasteiger partial charge on any atom is 0.416 e. The lowest BCUT2D eigenvalue weighted by molar-refractivity contribution is -0.137. The summed E-state index contributed by atoms with van der Waals surface area (Å²) in [4.78, 5) is 4.08. The molecular formula is C20H24F3N3O2. The SMILES string of the molecule is CN=C(NCCOCc1ccccc1OC)NCc1ccc(C(F)(F)F)cc1. The highest BCUT2D eigenvalue weighted by atomic mass is 19.4. The molecule has 0 bridgehead atoms. The molecule has 0 fully saturated rings. The Hall–Kier alpha value is -2.74. The third-order valence-corrected chi connectivity index (χ3v) is 3.95. The first-order valence-electron chi connectivity index (χ1n) is 8.74. The predicted molar refractivity (Wildman–Crippen MR) is 102 cm³/mol. The first-order valence-corrected chi connectivity index (χ1v) is 8.74. The zero-order valence-corrected chi connectivity index (χ0v) is 15.8. The number of hydrogen-bond acceptors (Lipinski definition) is 3. The van der Waals surface area contributed by atoms with E-state index in [-0.39, 0.29) is 0 Å². The number of guanidine groups is 1. The van der Waals surface area contributed by atoms with Crippen LogP contribution in [0, 0.1) is 0 Å². The molecule has 5 nitrogen and oxygen atoms in total. The van der Waals surface area contributed by atoms with E-state index in [2.05, 4.69) is 15.6 Å². The fourth-order valence-electron chi connectivity index (χ4n) is 2.46. The zero-order valence-electron chi connectivity index (χ0n) is 15.8. The molecule has 0 spiro atoms. The third-order valence-electron chi connectivity index (χ3n) is 3.95. The molecule has 0 aliphatic carbocycles. The average molecular weight is 395 g/mol. The van der Waals surface area contributed by atoms with Crippen molar-refractivity contribution in [2.24, 2.45) is 4.99 Å². The molecule has 0 amide bonds. The van der Waals surface area contributed by atoms with E-state index in [9.17, 15) is 13.2 Å². The molecule has 2 aromatic carbocycles. The number of aliphatic imine (C=N–C) groups is 1. The van der Waals surface area contributed by atoms with Crippen LogP contribution in [0.25, 0.3) is 0 Å². The van der Waals surface area contributed by atoms with Crippen molar-refractivity contribution in [1.29, 1.82) is 0 Å². The van der Waals surface area contributed by atoms with Crippen LogP contribution in [0.2, 0.25) is 0 Å². The van der Waals surface area contributed by atoms with E-state index in [1.165, 1.54) is 12.1 Å². The highest BCUT2D eigenvalue weighted by Crippen LogP contribution is 2.29. The molecule has 2 rings (SSSR count). The van der Waals surface area contributed by atoms with E-state index in [0.29, 0.717) is 32.3 Å². The van der Waals surface area contributed by atoms with Gasteiger partial charge in [0.25, 0.3) is 0 Å². The summed E-state index contributed by atoms with van der Waals surface area (Å²) in [7, 11) is 3.24. The number of halogens is 3. The molecule has 0 aromatic heterocycles. The van der Waals surface area contributed by atoms with Crippen LogP contribution in [0.15, 0.2) is 53.5 Å². The van der Waals surface area contributed by atoms with Gasteiger partial charge in [-0.2, -0.15) is 13.2 Å². The molecular weight excluding hydrogens is 371 g/mol. The number of nitrogens with one attached hydrogen (secondary N) is 2. The van der Waals surface area contributed by atoms with E-state index in [4.69, 9.17) is 9.47 Å². The molecule has 0 atom stereocenters. The van der Waals surface area contributed by atoms with E-state index in [1.54, 1.807) is 14.2 Å². The molecule has 0 unspecified atom stereocenters. The second-order valence-corrected chi connectivity index (χ2v) is 5.91. The summed E-state index contributed by atoms with van der Waals surface area (Å²) in [6.45, 7) is 1.78. The van der Waals surface area contributed by atoms with Gasteiger partial charge in [0.1, 0.15) is 5.75 Å². The number of rotatable bonds is 8. The molecule has 152 valence electrons. The van der Waals surface area contributed by atoms with Crippen molar-refractivity contribution in [2.75, 3.05) is 27.3 Å². The molecule has 0 aliphatic heterocycles. The number of nitrogens with zero attached hydrogens (tertiary/aromatic N) is 1. The zero-order chi connectivity index (χ0) is 20.4. The Morgan fingerprint density at radius 2 is 1.75 bits per heavy atom. The summed E-state index contributed by atoms with van der Waals surface area (Å²) >= 11 is 0. The van der Waals surface area contributed by atoms with Crippen LogP contribution >= 0.6 is 0 Å². The normalized spacial score (nSPS) is 12.0. The molecule has 2 aromatic rings. The topological polar surface area (TPSA) is 54.9 Å². The summed E-state index contributed by atoms with van der Waals surface area (Å²) in [5.41, 5.74) is 1.03. The Labute approximate surface area is 162 Å². The highest BCUT2D eigenvalue weighted by Gasteiger charge is 2.29. The Morgan fingerprint density at radius 3 is 2.39 bits per heavy atom. The van der Waals surface area contributed by atoms with Crippen LogP contribution in [-0.2, 0) is 24.1 Å². The van der Waals surface area contributed by atoms with Crippen LogP contribution < -0.4 is 15.4 Å². The lowest BCUT2D eigenvalue weighted by Gasteiger charge is -2.13. The minimum absolute atomic E-state index is 0.361. The van der Waals surface area contributed by atoms with Crippen LogP contribution in [0.3, 0.4) is 0 Å². The lowest BCUT2D eigenvalue weighted by Crippen LogP contribution is -2.38. The quantitative estimate of drug-likeness (QED) is 0.407. The van der Waals surface area contributed by atoms with Crippen LogP contribution in [0.4, 0.5) is 13.2 Å². The van der Waals surface area contributed by atoms with Crippen molar-refractivity contribution < 1.29 is 22.6 Å². The second kappa shape index (κ2) is 10.6. The van der Waals surface area contributed by atoms with Crippen molar-refractivity contribution in [1.82, 2.24) is 10.6 Å². The maximum absolute atomic E-state index is 12.6. The van der Waals surface area contributed by atoms with Crippen LogP contribution in [0.5, 0.6) is 5.75 Å². The Balaban J connectivity index is 1.70. The number of methoxy groups -OCH3 is 1. The van der Waals surface area contributed by atoms with Gasteiger partial charge < -0.3 is 20.1 Å². The molecule has 0 saturated carbocycles. The Kier molecular flexibility index (Phi) is 8.13. The van der Waals surface area contributed by atoms with Gasteiger partial charge in [-0.1, -0.05) is 30.3 Å². The monoisotopic (exact) mass is 395 g/mol. The van der Waals surface area contributed by atoms with Crippen molar-refractivity contribution >= 4 is 5.96 Å². The molecule has 2 N–H and O–H groups in total. The molecule has 0 radical (unpaired) electrons. The second-order valence-electron chi connectivity index (χ2n) is 5.91. The van der Waals surface area contributed by atoms with Crippen LogP contribution in [-0.4, -0.2) is 33.3 Å². The number of benzene rings is 2. The van der Waals surface area contributed by atoms with Gasteiger partial charge in [0.15, 0.2) is 5.96 Å². The summed E-state index contributed by atoms with van der Waals surface area (Å²) in [6.07, 6.45) is -4.33.